The fourth-order valence-electron chi connectivity index (χ4n) is 5.58. The Kier molecular flexibility index (Phi) is 7.05. The average Bonchev–Trinajstić information content (AvgIpc) is 3.50. The SMILES string of the molecule is Cn1c(COc2cccc(C(F)(F)F)c2)nnc1[C@H]1CC[C@H](n2cc([C@H]3CC[C@H](N)CC3)cn2)CC1. The van der Waals surface area contributed by atoms with E-state index in [1.165, 1.54) is 17.7 Å². The lowest BCUT2D eigenvalue weighted by Gasteiger charge is -2.28. The second-order valence-corrected chi connectivity index (χ2v) is 10.2. The van der Waals surface area contributed by atoms with Crippen molar-refractivity contribution in [1.29, 1.82) is 0 Å². The van der Waals surface area contributed by atoms with Gasteiger partial charge >= 0.3 is 6.18 Å². The van der Waals surface area contributed by atoms with Gasteiger partial charge in [0.05, 0.1) is 17.8 Å². The van der Waals surface area contributed by atoms with Crippen LogP contribution in [0, 0.1) is 0 Å². The molecule has 194 valence electrons. The number of halogens is 3. The summed E-state index contributed by atoms with van der Waals surface area (Å²) >= 11 is 0. The molecule has 1 aromatic carbocycles. The number of aromatic nitrogens is 5. The fourth-order valence-corrected chi connectivity index (χ4v) is 5.58. The molecule has 5 rings (SSSR count). The minimum atomic E-state index is -4.40. The van der Waals surface area contributed by atoms with Crippen molar-refractivity contribution in [2.75, 3.05) is 0 Å². The molecule has 0 unspecified atom stereocenters. The van der Waals surface area contributed by atoms with Crippen LogP contribution in [0.2, 0.25) is 0 Å². The highest BCUT2D eigenvalue weighted by Gasteiger charge is 2.31. The smallest absolute Gasteiger partial charge is 0.416 e. The van der Waals surface area contributed by atoms with Crippen LogP contribution in [0.4, 0.5) is 13.2 Å². The molecule has 2 aliphatic rings. The van der Waals surface area contributed by atoms with E-state index in [9.17, 15) is 13.2 Å². The van der Waals surface area contributed by atoms with Crippen molar-refractivity contribution < 1.29 is 17.9 Å². The van der Waals surface area contributed by atoms with Gasteiger partial charge in [-0.2, -0.15) is 18.3 Å². The van der Waals surface area contributed by atoms with Gasteiger partial charge in [0.1, 0.15) is 18.2 Å². The summed E-state index contributed by atoms with van der Waals surface area (Å²) in [6.07, 6.45) is 8.34. The number of rotatable bonds is 6. The number of nitrogens with two attached hydrogens (primary N) is 1. The summed E-state index contributed by atoms with van der Waals surface area (Å²) in [5, 5.41) is 13.3. The van der Waals surface area contributed by atoms with Crippen molar-refractivity contribution in [3.8, 4) is 5.75 Å². The molecule has 2 heterocycles. The molecule has 2 aromatic heterocycles. The Morgan fingerprint density at radius 3 is 2.44 bits per heavy atom. The van der Waals surface area contributed by atoms with Gasteiger partial charge in [0.25, 0.3) is 0 Å². The lowest BCUT2D eigenvalue weighted by molar-refractivity contribution is -0.137. The fraction of sp³-hybridized carbons (Fsp3) is 0.577. The van der Waals surface area contributed by atoms with Gasteiger partial charge in [0.2, 0.25) is 0 Å². The number of hydrogen-bond donors (Lipinski definition) is 1. The van der Waals surface area contributed by atoms with Crippen LogP contribution in [0.5, 0.6) is 5.75 Å². The normalized spacial score (nSPS) is 25.1. The molecule has 0 bridgehead atoms. The van der Waals surface area contributed by atoms with Gasteiger partial charge in [-0.25, -0.2) is 0 Å². The first-order valence-electron chi connectivity index (χ1n) is 12.8. The summed E-state index contributed by atoms with van der Waals surface area (Å²) in [4.78, 5) is 0. The second-order valence-electron chi connectivity index (χ2n) is 10.2. The van der Waals surface area contributed by atoms with Gasteiger partial charge in [0, 0.05) is 25.2 Å². The topological polar surface area (TPSA) is 83.8 Å². The molecule has 2 saturated carbocycles. The van der Waals surface area contributed by atoms with E-state index in [-0.39, 0.29) is 18.3 Å². The Bertz CT molecular complexity index is 1160. The van der Waals surface area contributed by atoms with Crippen LogP contribution in [-0.4, -0.2) is 30.6 Å². The van der Waals surface area contributed by atoms with Crippen LogP contribution < -0.4 is 10.5 Å². The molecule has 0 saturated heterocycles. The van der Waals surface area contributed by atoms with Crippen LogP contribution in [0.15, 0.2) is 36.7 Å². The zero-order valence-electron chi connectivity index (χ0n) is 20.5. The van der Waals surface area contributed by atoms with E-state index in [1.807, 2.05) is 17.8 Å². The standard InChI is InChI=1S/C26H33F3N6O/c1-34-24(16-36-23-4-2-3-20(13-23)26(27,28)29)32-33-25(34)18-7-11-22(12-8-18)35-15-19(14-31-35)17-5-9-21(30)10-6-17/h2-4,13-15,17-18,21-22H,5-12,16,30H2,1H3/t17-,18-,21-,22-. The first kappa shape index (κ1) is 24.8. The Morgan fingerprint density at radius 1 is 1.00 bits per heavy atom. The Balaban J connectivity index is 1.16. The Labute approximate surface area is 208 Å². The maximum atomic E-state index is 12.9. The number of ether oxygens (including phenoxy) is 1. The maximum absolute atomic E-state index is 12.9. The summed E-state index contributed by atoms with van der Waals surface area (Å²) in [6.45, 7) is 0.0578. The van der Waals surface area contributed by atoms with Gasteiger partial charge < -0.3 is 15.0 Å². The molecular formula is C26H33F3N6O. The highest BCUT2D eigenvalue weighted by molar-refractivity contribution is 5.30. The van der Waals surface area contributed by atoms with Gasteiger partial charge in [-0.05, 0) is 81.0 Å². The number of alkyl halides is 3. The minimum absolute atomic E-state index is 0.0578. The molecule has 0 atom stereocenters. The van der Waals surface area contributed by atoms with Crippen molar-refractivity contribution in [1.82, 2.24) is 24.5 Å². The van der Waals surface area contributed by atoms with Crippen LogP contribution in [0.1, 0.15) is 92.0 Å². The predicted molar refractivity (Wildman–Crippen MR) is 128 cm³/mol. The van der Waals surface area contributed by atoms with Gasteiger partial charge in [-0.3, -0.25) is 4.68 Å². The van der Waals surface area contributed by atoms with Crippen LogP contribution >= 0.6 is 0 Å². The third kappa shape index (κ3) is 5.43. The lowest BCUT2D eigenvalue weighted by Crippen LogP contribution is -2.25. The molecule has 0 aliphatic heterocycles. The largest absolute Gasteiger partial charge is 0.486 e. The number of nitrogens with zero attached hydrogens (tertiary/aromatic N) is 5. The second kappa shape index (κ2) is 10.2. The van der Waals surface area contributed by atoms with Crippen LogP contribution in [-0.2, 0) is 19.8 Å². The molecule has 0 spiro atoms. The van der Waals surface area contributed by atoms with E-state index in [4.69, 9.17) is 15.6 Å². The summed E-state index contributed by atoms with van der Waals surface area (Å²) in [6, 6.07) is 5.61. The molecule has 36 heavy (non-hydrogen) atoms. The third-order valence-electron chi connectivity index (χ3n) is 7.83. The van der Waals surface area contributed by atoms with Gasteiger partial charge in [-0.1, -0.05) is 6.07 Å². The van der Waals surface area contributed by atoms with E-state index >= 15 is 0 Å². The highest BCUT2D eigenvalue weighted by atomic mass is 19.4. The van der Waals surface area contributed by atoms with E-state index in [0.29, 0.717) is 23.8 Å². The molecule has 2 aliphatic carbocycles. The molecule has 2 fully saturated rings. The number of hydrogen-bond acceptors (Lipinski definition) is 5. The van der Waals surface area contributed by atoms with Crippen molar-refractivity contribution >= 4 is 0 Å². The molecule has 10 heteroatoms. The molecule has 0 amide bonds. The minimum Gasteiger partial charge on any atom is -0.486 e. The van der Waals surface area contributed by atoms with Crippen molar-refractivity contribution in [3.05, 3.63) is 59.4 Å². The van der Waals surface area contributed by atoms with Crippen LogP contribution in [0.25, 0.3) is 0 Å². The van der Waals surface area contributed by atoms with Gasteiger partial charge in [0.15, 0.2) is 5.82 Å². The zero-order chi connectivity index (χ0) is 25.3. The quantitative estimate of drug-likeness (QED) is 0.482. The molecule has 3 aromatic rings. The average molecular weight is 503 g/mol. The summed E-state index contributed by atoms with van der Waals surface area (Å²) in [5.74, 6) is 2.51. The Morgan fingerprint density at radius 2 is 1.72 bits per heavy atom. The first-order chi connectivity index (χ1) is 17.3. The van der Waals surface area contributed by atoms with E-state index in [2.05, 4.69) is 21.1 Å². The molecular weight excluding hydrogens is 469 g/mol. The van der Waals surface area contributed by atoms with Crippen molar-refractivity contribution in [2.45, 2.75) is 88.1 Å². The summed E-state index contributed by atoms with van der Waals surface area (Å²) < 4.78 is 48.5. The maximum Gasteiger partial charge on any atom is 0.416 e. The van der Waals surface area contributed by atoms with E-state index in [1.54, 1.807) is 0 Å². The molecule has 7 nitrogen and oxygen atoms in total. The highest BCUT2D eigenvalue weighted by Crippen LogP contribution is 2.39. The van der Waals surface area contributed by atoms with Crippen molar-refractivity contribution in [2.24, 2.45) is 12.8 Å². The van der Waals surface area contributed by atoms with Crippen molar-refractivity contribution in [3.63, 3.8) is 0 Å². The molecule has 2 N–H and O–H groups in total. The summed E-state index contributed by atoms with van der Waals surface area (Å²) in [7, 11) is 1.89. The van der Waals surface area contributed by atoms with E-state index < -0.39 is 11.7 Å². The number of benzene rings is 1. The monoisotopic (exact) mass is 502 g/mol. The summed E-state index contributed by atoms with van der Waals surface area (Å²) in [5.41, 5.74) is 6.66. The first-order valence-corrected chi connectivity index (χ1v) is 12.8. The Hall–Kier alpha value is -2.88. The zero-order valence-corrected chi connectivity index (χ0v) is 20.5. The lowest BCUT2D eigenvalue weighted by atomic mass is 9.83. The molecule has 0 radical (unpaired) electrons. The third-order valence-corrected chi connectivity index (χ3v) is 7.83. The van der Waals surface area contributed by atoms with Gasteiger partial charge in [-0.15, -0.1) is 10.2 Å². The predicted octanol–water partition coefficient (Wildman–Crippen LogP) is 5.49. The van der Waals surface area contributed by atoms with E-state index in [0.717, 1.165) is 69.3 Å². The van der Waals surface area contributed by atoms with Crippen LogP contribution in [0.3, 0.4) is 0 Å².